The second-order valence-electron chi connectivity index (χ2n) is 5.40. The normalized spacial score (nSPS) is 11.9. The lowest BCUT2D eigenvalue weighted by atomic mass is 10.0. The van der Waals surface area contributed by atoms with Gasteiger partial charge < -0.3 is 4.74 Å². The molecule has 0 atom stereocenters. The molecular weight excluding hydrogens is 317 g/mol. The van der Waals surface area contributed by atoms with Gasteiger partial charge in [0, 0.05) is 22.7 Å². The van der Waals surface area contributed by atoms with Gasteiger partial charge in [-0.2, -0.15) is 5.10 Å². The van der Waals surface area contributed by atoms with E-state index in [1.807, 2.05) is 24.3 Å². The number of fused-ring (bicyclic) bond motifs is 1. The van der Waals surface area contributed by atoms with Crippen LogP contribution in [0.5, 0.6) is 11.5 Å². The number of benzene rings is 2. The summed E-state index contributed by atoms with van der Waals surface area (Å²) in [5.41, 5.74) is 2.17. The highest BCUT2D eigenvalue weighted by molar-refractivity contribution is 6.33. The van der Waals surface area contributed by atoms with Crippen molar-refractivity contribution < 1.29 is 9.13 Å². The van der Waals surface area contributed by atoms with Crippen LogP contribution >= 0.6 is 11.6 Å². The van der Waals surface area contributed by atoms with Crippen molar-refractivity contribution in [2.24, 2.45) is 0 Å². The van der Waals surface area contributed by atoms with Crippen LogP contribution in [-0.4, -0.2) is 14.8 Å². The SMILES string of the molecule is Fc1c(-c2ccccc2Cl)cc(CCCn2cncn2)c2c1O2. The minimum atomic E-state index is -0.340. The number of ether oxygens (including phenoxy) is 1. The third kappa shape index (κ3) is 2.68. The van der Waals surface area contributed by atoms with Crippen LogP contribution in [0.1, 0.15) is 12.0 Å². The molecular formula is C17H13ClFN3O. The zero-order valence-corrected chi connectivity index (χ0v) is 12.9. The molecule has 4 nitrogen and oxygen atoms in total. The van der Waals surface area contributed by atoms with Crippen molar-refractivity contribution in [3.05, 3.63) is 59.4 Å². The molecule has 1 aliphatic rings. The van der Waals surface area contributed by atoms with Gasteiger partial charge in [-0.15, -0.1) is 0 Å². The zero-order valence-electron chi connectivity index (χ0n) is 12.2. The van der Waals surface area contributed by atoms with Crippen molar-refractivity contribution in [2.45, 2.75) is 19.4 Å². The molecule has 4 rings (SSSR count). The van der Waals surface area contributed by atoms with E-state index in [0.717, 1.165) is 24.9 Å². The monoisotopic (exact) mass is 329 g/mol. The summed E-state index contributed by atoms with van der Waals surface area (Å²) in [6.07, 6.45) is 4.84. The van der Waals surface area contributed by atoms with E-state index in [1.54, 1.807) is 17.1 Å². The number of hydrogen-bond donors (Lipinski definition) is 0. The van der Waals surface area contributed by atoms with Crippen LogP contribution in [0.25, 0.3) is 11.1 Å². The minimum Gasteiger partial charge on any atom is -0.446 e. The van der Waals surface area contributed by atoms with Crippen LogP contribution in [0.4, 0.5) is 4.39 Å². The van der Waals surface area contributed by atoms with Gasteiger partial charge >= 0.3 is 0 Å². The Labute approximate surface area is 137 Å². The first-order valence-corrected chi connectivity index (χ1v) is 7.72. The molecule has 23 heavy (non-hydrogen) atoms. The third-order valence-corrected chi connectivity index (χ3v) is 4.21. The van der Waals surface area contributed by atoms with E-state index in [0.29, 0.717) is 27.6 Å². The predicted molar refractivity (Wildman–Crippen MR) is 85.3 cm³/mol. The first-order chi connectivity index (χ1) is 11.2. The molecule has 2 aromatic carbocycles. The minimum absolute atomic E-state index is 0.340. The van der Waals surface area contributed by atoms with Gasteiger partial charge in [-0.25, -0.2) is 9.37 Å². The molecule has 0 spiro atoms. The van der Waals surface area contributed by atoms with Gasteiger partial charge in [0.25, 0.3) is 0 Å². The van der Waals surface area contributed by atoms with E-state index < -0.39 is 0 Å². The van der Waals surface area contributed by atoms with Crippen LogP contribution in [0.15, 0.2) is 43.0 Å². The van der Waals surface area contributed by atoms with E-state index >= 15 is 0 Å². The molecule has 2 heterocycles. The molecule has 0 N–H and O–H groups in total. The van der Waals surface area contributed by atoms with E-state index in [1.165, 1.54) is 6.33 Å². The Hall–Kier alpha value is -2.40. The topological polar surface area (TPSA) is 43.2 Å². The Balaban J connectivity index is 1.60. The van der Waals surface area contributed by atoms with Crippen molar-refractivity contribution in [3.8, 4) is 22.6 Å². The van der Waals surface area contributed by atoms with Gasteiger partial charge in [0.15, 0.2) is 11.6 Å². The Bertz CT molecular complexity index is 865. The van der Waals surface area contributed by atoms with E-state index in [4.69, 9.17) is 16.3 Å². The molecule has 0 bridgehead atoms. The predicted octanol–water partition coefficient (Wildman–Crippen LogP) is 4.48. The summed E-state index contributed by atoms with van der Waals surface area (Å²) in [4.78, 5) is 3.91. The average Bonchev–Trinajstić information content (AvgIpc) is 3.20. The number of halogens is 2. The molecule has 0 fully saturated rings. The van der Waals surface area contributed by atoms with Crippen molar-refractivity contribution in [3.63, 3.8) is 0 Å². The molecule has 6 heteroatoms. The fourth-order valence-corrected chi connectivity index (χ4v) is 2.94. The molecule has 1 aliphatic heterocycles. The molecule has 116 valence electrons. The largest absolute Gasteiger partial charge is 0.446 e. The summed E-state index contributed by atoms with van der Waals surface area (Å²) in [6, 6.07) is 9.08. The summed E-state index contributed by atoms with van der Waals surface area (Å²) in [5, 5.41) is 4.60. The highest BCUT2D eigenvalue weighted by Gasteiger charge is 2.32. The quantitative estimate of drug-likeness (QED) is 0.507. The van der Waals surface area contributed by atoms with Crippen molar-refractivity contribution in [1.82, 2.24) is 14.8 Å². The molecule has 0 unspecified atom stereocenters. The molecule has 0 saturated carbocycles. The number of aryl methyl sites for hydroxylation is 2. The summed E-state index contributed by atoms with van der Waals surface area (Å²) in [7, 11) is 0. The fourth-order valence-electron chi connectivity index (χ4n) is 2.70. The van der Waals surface area contributed by atoms with Gasteiger partial charge in [0.1, 0.15) is 12.7 Å². The Morgan fingerprint density at radius 3 is 2.83 bits per heavy atom. The van der Waals surface area contributed by atoms with Crippen LogP contribution < -0.4 is 4.74 Å². The van der Waals surface area contributed by atoms with Crippen molar-refractivity contribution in [1.29, 1.82) is 0 Å². The third-order valence-electron chi connectivity index (χ3n) is 3.88. The van der Waals surface area contributed by atoms with Gasteiger partial charge in [-0.05, 0) is 30.5 Å². The summed E-state index contributed by atoms with van der Waals surface area (Å²) in [5.74, 6) is 0.670. The maximum absolute atomic E-state index is 14.4. The fraction of sp³-hybridized carbons (Fsp3) is 0.176. The van der Waals surface area contributed by atoms with E-state index in [-0.39, 0.29) is 5.82 Å². The smallest absolute Gasteiger partial charge is 0.206 e. The number of aromatic nitrogens is 3. The zero-order chi connectivity index (χ0) is 15.8. The van der Waals surface area contributed by atoms with Crippen molar-refractivity contribution >= 4 is 11.6 Å². The number of nitrogens with zero attached hydrogens (tertiary/aromatic N) is 3. The Morgan fingerprint density at radius 1 is 1.17 bits per heavy atom. The first kappa shape index (κ1) is 14.2. The van der Waals surface area contributed by atoms with E-state index in [9.17, 15) is 4.39 Å². The van der Waals surface area contributed by atoms with Gasteiger partial charge in [0.2, 0.25) is 5.75 Å². The summed E-state index contributed by atoms with van der Waals surface area (Å²) >= 11 is 6.20. The lowest BCUT2D eigenvalue weighted by molar-refractivity contribution is 0.565. The molecule has 0 aliphatic carbocycles. The lowest BCUT2D eigenvalue weighted by Gasteiger charge is -2.06. The van der Waals surface area contributed by atoms with Crippen LogP contribution in [-0.2, 0) is 13.0 Å². The van der Waals surface area contributed by atoms with Crippen LogP contribution in [0.2, 0.25) is 5.02 Å². The average molecular weight is 330 g/mol. The summed E-state index contributed by atoms with van der Waals surface area (Å²) < 4.78 is 21.6. The second kappa shape index (κ2) is 5.66. The first-order valence-electron chi connectivity index (χ1n) is 7.34. The standard InChI is InChI=1S/C17H13ClFN3O/c18-14-6-2-1-5-12(14)13-8-11(16-17(23-16)15(13)19)4-3-7-22-10-20-9-21-22/h1-2,5-6,8-10H,3-4,7H2. The van der Waals surface area contributed by atoms with Crippen LogP contribution in [0, 0.1) is 5.82 Å². The molecule has 0 amide bonds. The molecule has 0 saturated heterocycles. The van der Waals surface area contributed by atoms with E-state index in [2.05, 4.69) is 10.1 Å². The molecule has 1 aromatic heterocycles. The highest BCUT2D eigenvalue weighted by Crippen LogP contribution is 2.53. The summed E-state index contributed by atoms with van der Waals surface area (Å²) in [6.45, 7) is 0.758. The molecule has 0 radical (unpaired) electrons. The Morgan fingerprint density at radius 2 is 2.04 bits per heavy atom. The lowest BCUT2D eigenvalue weighted by Crippen LogP contribution is -1.99. The Kier molecular flexibility index (Phi) is 3.50. The number of rotatable bonds is 5. The van der Waals surface area contributed by atoms with Gasteiger partial charge in [0.05, 0.1) is 0 Å². The highest BCUT2D eigenvalue weighted by atomic mass is 35.5. The molecule has 3 aromatic rings. The van der Waals surface area contributed by atoms with Gasteiger partial charge in [-0.3, -0.25) is 4.68 Å². The number of hydrogen-bond acceptors (Lipinski definition) is 3. The maximum atomic E-state index is 14.4. The van der Waals surface area contributed by atoms with Crippen molar-refractivity contribution in [2.75, 3.05) is 0 Å². The maximum Gasteiger partial charge on any atom is 0.206 e. The second-order valence-corrected chi connectivity index (χ2v) is 5.81. The van der Waals surface area contributed by atoms with Gasteiger partial charge in [-0.1, -0.05) is 29.8 Å². The van der Waals surface area contributed by atoms with Crippen LogP contribution in [0.3, 0.4) is 0 Å².